The van der Waals surface area contributed by atoms with E-state index in [2.05, 4.69) is 26.2 Å². The summed E-state index contributed by atoms with van der Waals surface area (Å²) in [6.45, 7) is 5.55. The number of ether oxygens (including phenoxy) is 1. The van der Waals surface area contributed by atoms with Crippen molar-refractivity contribution in [1.82, 2.24) is 10.3 Å². The van der Waals surface area contributed by atoms with Crippen LogP contribution < -0.4 is 10.1 Å². The molecule has 0 aliphatic carbocycles. The Morgan fingerprint density at radius 1 is 1.68 bits per heavy atom. The van der Waals surface area contributed by atoms with E-state index in [1.165, 1.54) is 0 Å². The molecule has 0 spiro atoms. The predicted octanol–water partition coefficient (Wildman–Crippen LogP) is 2.32. The number of hydrogen-bond acceptors (Lipinski definition) is 4. The molecule has 1 rings (SSSR count). The van der Waals surface area contributed by atoms with Crippen LogP contribution in [0.25, 0.3) is 0 Å². The summed E-state index contributed by atoms with van der Waals surface area (Å²) in [6, 6.07) is 3.78. The fourth-order valence-corrected chi connectivity index (χ4v) is 1.76. The van der Waals surface area contributed by atoms with Gasteiger partial charge in [-0.1, -0.05) is 6.92 Å². The highest BCUT2D eigenvalue weighted by Gasteiger charge is 2.11. The van der Waals surface area contributed by atoms with E-state index >= 15 is 0 Å². The molecular weight excluding hydrogens is 310 g/mol. The zero-order chi connectivity index (χ0) is 14.4. The molecule has 0 aromatic carbocycles. The highest BCUT2D eigenvalue weighted by Crippen LogP contribution is 2.24. The van der Waals surface area contributed by atoms with Crippen LogP contribution in [0.1, 0.15) is 31.5 Å². The van der Waals surface area contributed by atoms with E-state index in [9.17, 15) is 4.79 Å². The molecule has 1 aromatic heterocycles. The first-order valence-electron chi connectivity index (χ1n) is 5.97. The van der Waals surface area contributed by atoms with Crippen molar-refractivity contribution < 1.29 is 9.53 Å². The molecule has 5 nitrogen and oxygen atoms in total. The summed E-state index contributed by atoms with van der Waals surface area (Å²) in [5, 5.41) is 11.7. The SMILES string of the molecule is CCC(C)NC(=O)COc1nc(C)c(C#N)cc1Br. The Labute approximate surface area is 121 Å². The summed E-state index contributed by atoms with van der Waals surface area (Å²) in [7, 11) is 0. The Balaban J connectivity index is 2.66. The van der Waals surface area contributed by atoms with Crippen molar-refractivity contribution in [2.45, 2.75) is 33.2 Å². The van der Waals surface area contributed by atoms with Gasteiger partial charge in [0.05, 0.1) is 15.7 Å². The summed E-state index contributed by atoms with van der Waals surface area (Å²) >= 11 is 3.27. The second-order valence-corrected chi connectivity index (χ2v) is 5.04. The summed E-state index contributed by atoms with van der Waals surface area (Å²) in [6.07, 6.45) is 0.865. The van der Waals surface area contributed by atoms with Crippen molar-refractivity contribution in [1.29, 1.82) is 5.26 Å². The minimum atomic E-state index is -0.190. The molecule has 0 fully saturated rings. The summed E-state index contributed by atoms with van der Waals surface area (Å²) in [5.41, 5.74) is 1.05. The van der Waals surface area contributed by atoms with E-state index in [0.29, 0.717) is 21.6 Å². The Kier molecular flexibility index (Phi) is 5.77. The molecular formula is C13H16BrN3O2. The first kappa shape index (κ1) is 15.4. The van der Waals surface area contributed by atoms with Crippen molar-refractivity contribution in [3.63, 3.8) is 0 Å². The van der Waals surface area contributed by atoms with Crippen LogP contribution in [0.2, 0.25) is 0 Å². The van der Waals surface area contributed by atoms with Crippen molar-refractivity contribution in [2.24, 2.45) is 0 Å². The van der Waals surface area contributed by atoms with Gasteiger partial charge in [-0.2, -0.15) is 5.26 Å². The quantitative estimate of drug-likeness (QED) is 0.901. The van der Waals surface area contributed by atoms with E-state index in [1.54, 1.807) is 13.0 Å². The number of nitriles is 1. The predicted molar refractivity (Wildman–Crippen MR) is 74.8 cm³/mol. The maximum Gasteiger partial charge on any atom is 0.258 e. The van der Waals surface area contributed by atoms with Gasteiger partial charge >= 0.3 is 0 Å². The molecule has 0 radical (unpaired) electrons. The van der Waals surface area contributed by atoms with Gasteiger partial charge in [0.1, 0.15) is 6.07 Å². The summed E-state index contributed by atoms with van der Waals surface area (Å²) in [4.78, 5) is 15.7. The van der Waals surface area contributed by atoms with Gasteiger partial charge in [0.2, 0.25) is 5.88 Å². The maximum atomic E-state index is 11.6. The van der Waals surface area contributed by atoms with Crippen LogP contribution in [-0.2, 0) is 4.79 Å². The fraction of sp³-hybridized carbons (Fsp3) is 0.462. The van der Waals surface area contributed by atoms with Crippen LogP contribution >= 0.6 is 15.9 Å². The van der Waals surface area contributed by atoms with Crippen LogP contribution in [0.15, 0.2) is 10.5 Å². The number of carbonyl (C=O) groups excluding carboxylic acids is 1. The van der Waals surface area contributed by atoms with Gasteiger partial charge < -0.3 is 10.1 Å². The Morgan fingerprint density at radius 3 is 2.95 bits per heavy atom. The van der Waals surface area contributed by atoms with Crippen LogP contribution in [0.5, 0.6) is 5.88 Å². The molecule has 0 aliphatic rings. The van der Waals surface area contributed by atoms with E-state index in [0.717, 1.165) is 6.42 Å². The lowest BCUT2D eigenvalue weighted by atomic mass is 10.2. The number of nitrogens with zero attached hydrogens (tertiary/aromatic N) is 2. The number of aryl methyl sites for hydroxylation is 1. The number of pyridine rings is 1. The molecule has 1 N–H and O–H groups in total. The molecule has 1 aromatic rings. The van der Waals surface area contributed by atoms with Gasteiger partial charge in [-0.3, -0.25) is 4.79 Å². The van der Waals surface area contributed by atoms with Gasteiger partial charge in [-0.25, -0.2) is 4.98 Å². The number of carbonyl (C=O) groups is 1. The third-order valence-electron chi connectivity index (χ3n) is 2.61. The van der Waals surface area contributed by atoms with Crippen LogP contribution in [-0.4, -0.2) is 23.5 Å². The van der Waals surface area contributed by atoms with E-state index < -0.39 is 0 Å². The molecule has 0 bridgehead atoms. The minimum absolute atomic E-state index is 0.0960. The van der Waals surface area contributed by atoms with Gasteiger partial charge in [0.25, 0.3) is 5.91 Å². The number of aromatic nitrogens is 1. The largest absolute Gasteiger partial charge is 0.467 e. The fourth-order valence-electron chi connectivity index (χ4n) is 1.33. The van der Waals surface area contributed by atoms with Gasteiger partial charge in [-0.05, 0) is 42.3 Å². The van der Waals surface area contributed by atoms with Gasteiger partial charge in [0, 0.05) is 6.04 Å². The van der Waals surface area contributed by atoms with E-state index in [1.807, 2.05) is 19.9 Å². The van der Waals surface area contributed by atoms with Crippen LogP contribution in [0.4, 0.5) is 0 Å². The molecule has 102 valence electrons. The Morgan fingerprint density at radius 2 is 2.37 bits per heavy atom. The summed E-state index contributed by atoms with van der Waals surface area (Å²) < 4.78 is 5.91. The molecule has 6 heteroatoms. The molecule has 0 saturated carbocycles. The third-order valence-corrected chi connectivity index (χ3v) is 3.18. The van der Waals surface area contributed by atoms with Crippen molar-refractivity contribution in [3.05, 3.63) is 21.8 Å². The van der Waals surface area contributed by atoms with E-state index in [4.69, 9.17) is 10.00 Å². The minimum Gasteiger partial charge on any atom is -0.467 e. The first-order valence-corrected chi connectivity index (χ1v) is 6.76. The van der Waals surface area contributed by atoms with Crippen molar-refractivity contribution in [3.8, 4) is 11.9 Å². The lowest BCUT2D eigenvalue weighted by Crippen LogP contribution is -2.35. The standard InChI is InChI=1S/C13H16BrN3O2/c1-4-8(2)16-12(18)7-19-13-11(14)5-10(6-15)9(3)17-13/h5,8H,4,7H2,1-3H3,(H,16,18). The monoisotopic (exact) mass is 325 g/mol. The average Bonchev–Trinajstić information content (AvgIpc) is 2.39. The zero-order valence-corrected chi connectivity index (χ0v) is 12.7. The normalized spacial score (nSPS) is 11.5. The molecule has 1 unspecified atom stereocenters. The number of amides is 1. The smallest absolute Gasteiger partial charge is 0.258 e. The maximum absolute atomic E-state index is 11.6. The summed E-state index contributed by atoms with van der Waals surface area (Å²) in [5.74, 6) is 0.126. The first-order chi connectivity index (χ1) is 8.97. The van der Waals surface area contributed by atoms with Gasteiger partial charge in [0.15, 0.2) is 6.61 Å². The third kappa shape index (κ3) is 4.52. The number of halogens is 1. The molecule has 19 heavy (non-hydrogen) atoms. The second kappa shape index (κ2) is 7.10. The number of hydrogen-bond donors (Lipinski definition) is 1. The van der Waals surface area contributed by atoms with Crippen molar-refractivity contribution >= 4 is 21.8 Å². The Bertz CT molecular complexity index is 511. The lowest BCUT2D eigenvalue weighted by Gasteiger charge is -2.12. The molecule has 1 atom stereocenters. The second-order valence-electron chi connectivity index (χ2n) is 4.19. The van der Waals surface area contributed by atoms with Gasteiger partial charge in [-0.15, -0.1) is 0 Å². The molecule has 1 amide bonds. The molecule has 0 saturated heterocycles. The zero-order valence-electron chi connectivity index (χ0n) is 11.2. The molecule has 1 heterocycles. The van der Waals surface area contributed by atoms with Crippen molar-refractivity contribution in [2.75, 3.05) is 6.61 Å². The lowest BCUT2D eigenvalue weighted by molar-refractivity contribution is -0.123. The number of nitrogens with one attached hydrogen (secondary N) is 1. The van der Waals surface area contributed by atoms with Crippen LogP contribution in [0.3, 0.4) is 0 Å². The highest BCUT2D eigenvalue weighted by atomic mass is 79.9. The van der Waals surface area contributed by atoms with Crippen LogP contribution in [0, 0.1) is 18.3 Å². The average molecular weight is 326 g/mol. The highest BCUT2D eigenvalue weighted by molar-refractivity contribution is 9.10. The molecule has 0 aliphatic heterocycles. The topological polar surface area (TPSA) is 75.0 Å². The van der Waals surface area contributed by atoms with E-state index in [-0.39, 0.29) is 18.6 Å². The number of rotatable bonds is 5. The Hall–Kier alpha value is -1.61.